The van der Waals surface area contributed by atoms with Gasteiger partial charge in [0, 0.05) is 12.6 Å². The summed E-state index contributed by atoms with van der Waals surface area (Å²) in [6, 6.07) is 0.726. The van der Waals surface area contributed by atoms with Gasteiger partial charge in [0.05, 0.1) is 6.10 Å². The number of aliphatic hydroxyl groups is 1. The van der Waals surface area contributed by atoms with Crippen LogP contribution in [0.25, 0.3) is 0 Å². The number of hydrogen-bond donors (Lipinski definition) is 1. The lowest BCUT2D eigenvalue weighted by atomic mass is 10.0. The van der Waals surface area contributed by atoms with Gasteiger partial charge < -0.3 is 5.11 Å². The van der Waals surface area contributed by atoms with Crippen molar-refractivity contribution in [3.05, 3.63) is 0 Å². The number of nitrogens with zero attached hydrogens (tertiary/aromatic N) is 1. The Balaban J connectivity index is 1.97. The molecule has 1 N–H and O–H groups in total. The predicted octanol–water partition coefficient (Wildman–Crippen LogP) is 0.605. The number of aliphatic hydroxyl groups excluding tert-OH is 1. The average Bonchev–Trinajstić information content (AvgIpc) is 2.27. The molecule has 58 valence electrons. The van der Waals surface area contributed by atoms with Gasteiger partial charge in [-0.15, -0.1) is 0 Å². The fraction of sp³-hybridized carbons (Fsp3) is 1.00. The first-order valence-corrected chi connectivity index (χ1v) is 4.28. The third-order valence-corrected chi connectivity index (χ3v) is 2.74. The Bertz CT molecular complexity index is 112. The van der Waals surface area contributed by atoms with E-state index in [4.69, 9.17) is 0 Å². The summed E-state index contributed by atoms with van der Waals surface area (Å²) in [7, 11) is 0. The standard InChI is InChI=1S/C8H15NO/c10-8-5-7-3-1-2-4-9(7)6-8/h7-8,10H,1-6H2/t7-,8+/m0/s1. The summed E-state index contributed by atoms with van der Waals surface area (Å²) >= 11 is 0. The van der Waals surface area contributed by atoms with Crippen molar-refractivity contribution in [1.29, 1.82) is 0 Å². The van der Waals surface area contributed by atoms with Gasteiger partial charge in [0.25, 0.3) is 0 Å². The Morgan fingerprint density at radius 3 is 3.00 bits per heavy atom. The van der Waals surface area contributed by atoms with Crippen molar-refractivity contribution in [2.75, 3.05) is 13.1 Å². The molecule has 2 atom stereocenters. The molecule has 0 aliphatic carbocycles. The molecule has 2 nitrogen and oxygen atoms in total. The first-order chi connectivity index (χ1) is 4.86. The second kappa shape index (κ2) is 2.51. The molecule has 0 aromatic heterocycles. The summed E-state index contributed by atoms with van der Waals surface area (Å²) in [4.78, 5) is 2.44. The SMILES string of the molecule is O[C@@H]1C[C@@H]2CCCCN2C1. The predicted molar refractivity (Wildman–Crippen MR) is 39.8 cm³/mol. The lowest BCUT2D eigenvalue weighted by Crippen LogP contribution is -2.34. The lowest BCUT2D eigenvalue weighted by Gasteiger charge is -2.28. The second-order valence-electron chi connectivity index (χ2n) is 3.53. The van der Waals surface area contributed by atoms with E-state index in [1.807, 2.05) is 0 Å². The smallest absolute Gasteiger partial charge is 0.0682 e. The number of piperidine rings is 1. The molecular formula is C8H15NO. The summed E-state index contributed by atoms with van der Waals surface area (Å²) in [6.07, 6.45) is 5.02. The van der Waals surface area contributed by atoms with Crippen molar-refractivity contribution in [3.63, 3.8) is 0 Å². The van der Waals surface area contributed by atoms with Crippen LogP contribution in [0.5, 0.6) is 0 Å². The highest BCUT2D eigenvalue weighted by Gasteiger charge is 2.31. The van der Waals surface area contributed by atoms with Crippen molar-refractivity contribution >= 4 is 0 Å². The zero-order chi connectivity index (χ0) is 6.97. The minimum absolute atomic E-state index is 0.0249. The van der Waals surface area contributed by atoms with Gasteiger partial charge in [-0.25, -0.2) is 0 Å². The Morgan fingerprint density at radius 1 is 1.30 bits per heavy atom. The molecule has 0 bridgehead atoms. The van der Waals surface area contributed by atoms with Crippen LogP contribution in [0.3, 0.4) is 0 Å². The van der Waals surface area contributed by atoms with E-state index >= 15 is 0 Å². The molecule has 2 rings (SSSR count). The quantitative estimate of drug-likeness (QED) is 0.534. The zero-order valence-corrected chi connectivity index (χ0v) is 6.29. The van der Waals surface area contributed by atoms with E-state index in [1.165, 1.54) is 25.8 Å². The van der Waals surface area contributed by atoms with Crippen LogP contribution in [0.1, 0.15) is 25.7 Å². The summed E-state index contributed by atoms with van der Waals surface area (Å²) in [6.45, 7) is 2.16. The van der Waals surface area contributed by atoms with Crippen LogP contribution in [0.15, 0.2) is 0 Å². The largest absolute Gasteiger partial charge is 0.392 e. The maximum Gasteiger partial charge on any atom is 0.0682 e. The van der Waals surface area contributed by atoms with Crippen LogP contribution in [-0.4, -0.2) is 35.2 Å². The van der Waals surface area contributed by atoms with Crippen LogP contribution >= 0.6 is 0 Å². The third-order valence-electron chi connectivity index (χ3n) is 2.74. The molecule has 0 saturated carbocycles. The van der Waals surface area contributed by atoms with Gasteiger partial charge in [-0.05, 0) is 25.8 Å². The van der Waals surface area contributed by atoms with Crippen molar-refractivity contribution in [2.24, 2.45) is 0 Å². The molecule has 0 amide bonds. The van der Waals surface area contributed by atoms with Gasteiger partial charge in [0.15, 0.2) is 0 Å². The van der Waals surface area contributed by atoms with E-state index in [0.29, 0.717) is 0 Å². The number of rotatable bonds is 0. The number of fused-ring (bicyclic) bond motifs is 1. The first kappa shape index (κ1) is 6.62. The highest BCUT2D eigenvalue weighted by molar-refractivity contribution is 4.87. The molecule has 2 aliphatic heterocycles. The van der Waals surface area contributed by atoms with Gasteiger partial charge in [-0.3, -0.25) is 4.90 Å². The Labute approximate surface area is 61.8 Å². The maximum absolute atomic E-state index is 9.32. The van der Waals surface area contributed by atoms with Crippen molar-refractivity contribution in [1.82, 2.24) is 4.90 Å². The van der Waals surface area contributed by atoms with Crippen molar-refractivity contribution in [2.45, 2.75) is 37.8 Å². The molecule has 0 radical (unpaired) electrons. The van der Waals surface area contributed by atoms with Gasteiger partial charge >= 0.3 is 0 Å². The fourth-order valence-corrected chi connectivity index (χ4v) is 2.23. The summed E-state index contributed by atoms with van der Waals surface area (Å²) in [5.41, 5.74) is 0. The van der Waals surface area contributed by atoms with E-state index in [-0.39, 0.29) is 6.10 Å². The van der Waals surface area contributed by atoms with Crippen LogP contribution in [-0.2, 0) is 0 Å². The van der Waals surface area contributed by atoms with E-state index in [2.05, 4.69) is 4.90 Å². The van der Waals surface area contributed by atoms with Crippen LogP contribution in [0.4, 0.5) is 0 Å². The molecule has 0 aromatic carbocycles. The van der Waals surface area contributed by atoms with Crippen LogP contribution in [0, 0.1) is 0 Å². The summed E-state index contributed by atoms with van der Waals surface area (Å²) in [5, 5.41) is 9.32. The maximum atomic E-state index is 9.32. The van der Waals surface area contributed by atoms with Gasteiger partial charge in [-0.1, -0.05) is 6.42 Å². The monoisotopic (exact) mass is 141 g/mol. The third kappa shape index (κ3) is 1.06. The zero-order valence-electron chi connectivity index (χ0n) is 6.29. The molecule has 2 aliphatic rings. The highest BCUT2D eigenvalue weighted by atomic mass is 16.3. The number of hydrogen-bond acceptors (Lipinski definition) is 2. The molecule has 2 fully saturated rings. The molecule has 0 spiro atoms. The van der Waals surface area contributed by atoms with E-state index in [1.54, 1.807) is 0 Å². The Kier molecular flexibility index (Phi) is 1.66. The summed E-state index contributed by atoms with van der Waals surface area (Å²) < 4.78 is 0. The molecule has 0 aromatic rings. The molecule has 2 heteroatoms. The minimum atomic E-state index is -0.0249. The molecule has 2 saturated heterocycles. The van der Waals surface area contributed by atoms with Gasteiger partial charge in [-0.2, -0.15) is 0 Å². The molecule has 2 heterocycles. The average molecular weight is 141 g/mol. The molecular weight excluding hydrogens is 126 g/mol. The first-order valence-electron chi connectivity index (χ1n) is 4.28. The topological polar surface area (TPSA) is 23.5 Å². The van der Waals surface area contributed by atoms with E-state index < -0.39 is 0 Å². The van der Waals surface area contributed by atoms with Crippen LogP contribution in [0.2, 0.25) is 0 Å². The van der Waals surface area contributed by atoms with Gasteiger partial charge in [0.2, 0.25) is 0 Å². The van der Waals surface area contributed by atoms with Crippen molar-refractivity contribution < 1.29 is 5.11 Å². The Morgan fingerprint density at radius 2 is 2.20 bits per heavy atom. The molecule has 10 heavy (non-hydrogen) atoms. The highest BCUT2D eigenvalue weighted by Crippen LogP contribution is 2.26. The summed E-state index contributed by atoms with van der Waals surface area (Å²) in [5.74, 6) is 0. The molecule has 0 unspecified atom stereocenters. The van der Waals surface area contributed by atoms with E-state index in [0.717, 1.165) is 19.0 Å². The lowest BCUT2D eigenvalue weighted by molar-refractivity contribution is 0.166. The Hall–Kier alpha value is -0.0800. The second-order valence-corrected chi connectivity index (χ2v) is 3.53. The van der Waals surface area contributed by atoms with Crippen molar-refractivity contribution in [3.8, 4) is 0 Å². The fourth-order valence-electron chi connectivity index (χ4n) is 2.23. The van der Waals surface area contributed by atoms with Gasteiger partial charge in [0.1, 0.15) is 0 Å². The normalized spacial score (nSPS) is 41.7. The minimum Gasteiger partial charge on any atom is -0.392 e. The van der Waals surface area contributed by atoms with Crippen LogP contribution < -0.4 is 0 Å². The van der Waals surface area contributed by atoms with E-state index in [9.17, 15) is 5.11 Å².